The van der Waals surface area contributed by atoms with E-state index in [4.69, 9.17) is 10.3 Å². The van der Waals surface area contributed by atoms with Crippen LogP contribution in [0.25, 0.3) is 0 Å². The fourth-order valence-electron chi connectivity index (χ4n) is 0.307. The molecule has 2 unspecified atom stereocenters. The van der Waals surface area contributed by atoms with Crippen molar-refractivity contribution in [1.29, 1.82) is 0 Å². The summed E-state index contributed by atoms with van der Waals surface area (Å²) in [5, 5.41) is -1.44. The molecule has 0 fully saturated rings. The molecule has 0 spiro atoms. The van der Waals surface area contributed by atoms with Gasteiger partial charge in [0.15, 0.2) is 11.1 Å². The maximum absolute atomic E-state index is 10.5. The third-order valence-corrected chi connectivity index (χ3v) is 1.36. The van der Waals surface area contributed by atoms with Gasteiger partial charge >= 0.3 is 5.97 Å². The summed E-state index contributed by atoms with van der Waals surface area (Å²) in [5.74, 6) is -0.858. The molecule has 0 heterocycles. The van der Waals surface area contributed by atoms with Gasteiger partial charge in [-0.3, -0.25) is 0 Å². The van der Waals surface area contributed by atoms with E-state index in [2.05, 4.69) is 4.74 Å². The lowest BCUT2D eigenvalue weighted by Crippen LogP contribution is -2.36. The largest absolute Gasteiger partial charge is 0.464 e. The lowest BCUT2D eigenvalue weighted by molar-refractivity contribution is -0.142. The SMILES string of the molecule is CCOC(=O)C(N)S(=O)O. The second-order valence-corrected chi connectivity index (χ2v) is 2.51. The maximum Gasteiger partial charge on any atom is 0.338 e. The van der Waals surface area contributed by atoms with Crippen molar-refractivity contribution in [3.05, 3.63) is 0 Å². The lowest BCUT2D eigenvalue weighted by Gasteiger charge is -2.04. The van der Waals surface area contributed by atoms with E-state index < -0.39 is 22.4 Å². The molecule has 0 saturated carbocycles. The fraction of sp³-hybridized carbons (Fsp3) is 0.750. The van der Waals surface area contributed by atoms with Crippen LogP contribution in [0.3, 0.4) is 0 Å². The first-order chi connectivity index (χ1) is 4.59. The molecule has 0 aromatic carbocycles. The third-order valence-electron chi connectivity index (χ3n) is 0.736. The highest BCUT2D eigenvalue weighted by molar-refractivity contribution is 7.80. The van der Waals surface area contributed by atoms with Crippen LogP contribution in [0.2, 0.25) is 0 Å². The summed E-state index contributed by atoms with van der Waals surface area (Å²) >= 11 is -2.34. The topological polar surface area (TPSA) is 89.6 Å². The predicted molar refractivity (Wildman–Crippen MR) is 35.4 cm³/mol. The lowest BCUT2D eigenvalue weighted by atomic mass is 10.7. The van der Waals surface area contributed by atoms with E-state index in [1.54, 1.807) is 6.92 Å². The highest BCUT2D eigenvalue weighted by Crippen LogP contribution is 1.88. The highest BCUT2D eigenvalue weighted by atomic mass is 32.2. The molecule has 2 atom stereocenters. The molecule has 10 heavy (non-hydrogen) atoms. The molecule has 0 rings (SSSR count). The van der Waals surface area contributed by atoms with Crippen LogP contribution in [0.4, 0.5) is 0 Å². The van der Waals surface area contributed by atoms with E-state index >= 15 is 0 Å². The monoisotopic (exact) mass is 167 g/mol. The molecule has 60 valence electrons. The summed E-state index contributed by atoms with van der Waals surface area (Å²) in [4.78, 5) is 10.5. The fourth-order valence-corrected chi connectivity index (χ4v) is 0.539. The molecule has 6 heteroatoms. The van der Waals surface area contributed by atoms with E-state index in [0.717, 1.165) is 0 Å². The van der Waals surface area contributed by atoms with Crippen molar-refractivity contribution >= 4 is 17.0 Å². The van der Waals surface area contributed by atoms with Crippen molar-refractivity contribution in [2.75, 3.05) is 6.61 Å². The summed E-state index contributed by atoms with van der Waals surface area (Å²) in [6.45, 7) is 1.74. The van der Waals surface area contributed by atoms with Gasteiger partial charge < -0.3 is 15.0 Å². The minimum atomic E-state index is -2.34. The Balaban J connectivity index is 3.82. The molecule has 0 aromatic heterocycles. The highest BCUT2D eigenvalue weighted by Gasteiger charge is 2.19. The van der Waals surface area contributed by atoms with Gasteiger partial charge in [0.1, 0.15) is 0 Å². The number of hydrogen-bond acceptors (Lipinski definition) is 4. The summed E-state index contributed by atoms with van der Waals surface area (Å²) in [6.07, 6.45) is 0. The summed E-state index contributed by atoms with van der Waals surface area (Å²) < 4.78 is 22.7. The van der Waals surface area contributed by atoms with Crippen LogP contribution in [0.15, 0.2) is 0 Å². The Labute approximate surface area is 60.8 Å². The van der Waals surface area contributed by atoms with E-state index in [9.17, 15) is 9.00 Å². The number of carbonyl (C=O) groups excluding carboxylic acids is 1. The van der Waals surface area contributed by atoms with Gasteiger partial charge in [-0.1, -0.05) is 0 Å². The van der Waals surface area contributed by atoms with Gasteiger partial charge in [0.25, 0.3) is 0 Å². The van der Waals surface area contributed by atoms with Gasteiger partial charge in [-0.15, -0.1) is 0 Å². The molecule has 0 radical (unpaired) electrons. The van der Waals surface area contributed by atoms with Gasteiger partial charge in [-0.05, 0) is 6.92 Å². The van der Waals surface area contributed by atoms with Gasteiger partial charge in [-0.25, -0.2) is 9.00 Å². The second-order valence-electron chi connectivity index (χ2n) is 1.45. The third kappa shape index (κ3) is 2.90. The van der Waals surface area contributed by atoms with Gasteiger partial charge in [0.05, 0.1) is 6.61 Å². The van der Waals surface area contributed by atoms with E-state index in [1.165, 1.54) is 0 Å². The molecular weight excluding hydrogens is 158 g/mol. The number of esters is 1. The number of carbonyl (C=O) groups is 1. The molecule has 0 aliphatic rings. The van der Waals surface area contributed by atoms with E-state index in [1.807, 2.05) is 0 Å². The molecule has 3 N–H and O–H groups in total. The number of rotatable bonds is 3. The number of nitrogens with two attached hydrogens (primary N) is 1. The molecule has 0 aliphatic carbocycles. The molecule has 0 amide bonds. The zero-order valence-electron chi connectivity index (χ0n) is 5.44. The normalized spacial score (nSPS) is 15.9. The average Bonchev–Trinajstić information content (AvgIpc) is 1.87. The van der Waals surface area contributed by atoms with Crippen LogP contribution in [-0.4, -0.2) is 26.7 Å². The van der Waals surface area contributed by atoms with Crippen LogP contribution in [0.5, 0.6) is 0 Å². The van der Waals surface area contributed by atoms with Crippen LogP contribution in [0.1, 0.15) is 6.92 Å². The van der Waals surface area contributed by atoms with Crippen LogP contribution in [-0.2, 0) is 20.6 Å². The average molecular weight is 167 g/mol. The molecule has 0 aliphatic heterocycles. The zero-order chi connectivity index (χ0) is 8.15. The van der Waals surface area contributed by atoms with Crippen molar-refractivity contribution < 1.29 is 18.3 Å². The van der Waals surface area contributed by atoms with Crippen molar-refractivity contribution in [3.63, 3.8) is 0 Å². The first-order valence-corrected chi connectivity index (χ1v) is 3.78. The molecule has 0 aromatic rings. The molecular formula is C4H9NO4S. The minimum absolute atomic E-state index is 0.156. The van der Waals surface area contributed by atoms with Crippen LogP contribution < -0.4 is 5.73 Å². The van der Waals surface area contributed by atoms with Crippen molar-refractivity contribution in [3.8, 4) is 0 Å². The first kappa shape index (κ1) is 9.54. The Morgan fingerprint density at radius 3 is 2.70 bits per heavy atom. The summed E-state index contributed by atoms with van der Waals surface area (Å²) in [5.41, 5.74) is 4.92. The van der Waals surface area contributed by atoms with Crippen LogP contribution in [0, 0.1) is 0 Å². The summed E-state index contributed by atoms with van der Waals surface area (Å²) in [6, 6.07) is 0. The van der Waals surface area contributed by atoms with Crippen molar-refractivity contribution in [1.82, 2.24) is 0 Å². The van der Waals surface area contributed by atoms with Gasteiger partial charge in [0, 0.05) is 0 Å². The van der Waals surface area contributed by atoms with Gasteiger partial charge in [0.2, 0.25) is 5.37 Å². The Bertz CT molecular complexity index is 148. The molecule has 0 saturated heterocycles. The quantitative estimate of drug-likeness (QED) is 0.418. The maximum atomic E-state index is 10.5. The van der Waals surface area contributed by atoms with E-state index in [0.29, 0.717) is 0 Å². The van der Waals surface area contributed by atoms with Crippen molar-refractivity contribution in [2.24, 2.45) is 5.73 Å². The standard InChI is InChI=1S/C4H9NO4S/c1-2-9-4(6)3(5)10(7)8/h3H,2,5H2,1H3,(H,7,8). The predicted octanol–water partition coefficient (Wildman–Crippen LogP) is -0.944. The Morgan fingerprint density at radius 2 is 2.40 bits per heavy atom. The van der Waals surface area contributed by atoms with Crippen LogP contribution >= 0.6 is 0 Å². The Morgan fingerprint density at radius 1 is 1.90 bits per heavy atom. The number of ether oxygens (including phenoxy) is 1. The molecule has 5 nitrogen and oxygen atoms in total. The van der Waals surface area contributed by atoms with E-state index in [-0.39, 0.29) is 6.61 Å². The zero-order valence-corrected chi connectivity index (χ0v) is 6.26. The number of hydrogen-bond donors (Lipinski definition) is 2. The second kappa shape index (κ2) is 4.37. The minimum Gasteiger partial charge on any atom is -0.464 e. The smallest absolute Gasteiger partial charge is 0.338 e. The first-order valence-electron chi connectivity index (χ1n) is 2.61. The Kier molecular flexibility index (Phi) is 4.17. The van der Waals surface area contributed by atoms with Gasteiger partial charge in [-0.2, -0.15) is 0 Å². The van der Waals surface area contributed by atoms with Crippen molar-refractivity contribution in [2.45, 2.75) is 12.3 Å². The summed E-state index contributed by atoms with van der Waals surface area (Å²) in [7, 11) is 0. The molecule has 0 bridgehead atoms. The Hall–Kier alpha value is -0.460.